The Kier molecular flexibility index (Phi) is 4.39. The minimum Gasteiger partial charge on any atom is -0.461 e. The largest absolute Gasteiger partial charge is 0.461 e. The summed E-state index contributed by atoms with van der Waals surface area (Å²) in [7, 11) is 0. The minimum absolute atomic E-state index is 0.00680. The molecule has 0 aliphatic carbocycles. The van der Waals surface area contributed by atoms with Crippen molar-refractivity contribution in [3.05, 3.63) is 53.7 Å². The van der Waals surface area contributed by atoms with Gasteiger partial charge in [0.15, 0.2) is 5.76 Å². The number of furan rings is 1. The van der Waals surface area contributed by atoms with E-state index in [9.17, 15) is 18.8 Å². The number of hydrogen-bond acceptors (Lipinski definition) is 5. The van der Waals surface area contributed by atoms with Crippen molar-refractivity contribution in [3.63, 3.8) is 0 Å². The van der Waals surface area contributed by atoms with E-state index in [2.05, 4.69) is 0 Å². The third kappa shape index (κ3) is 3.37. The maximum atomic E-state index is 13.7. The van der Waals surface area contributed by atoms with Crippen LogP contribution < -0.4 is 4.90 Å². The summed E-state index contributed by atoms with van der Waals surface area (Å²) in [6.07, 6.45) is 0.386. The van der Waals surface area contributed by atoms with Crippen molar-refractivity contribution in [1.82, 2.24) is 0 Å². The number of imide groups is 1. The summed E-state index contributed by atoms with van der Waals surface area (Å²) in [5.41, 5.74) is -0.246. The summed E-state index contributed by atoms with van der Waals surface area (Å²) in [5.74, 6) is -3.00. The maximum Gasteiger partial charge on any atom is 0.421 e. The van der Waals surface area contributed by atoms with E-state index in [0.717, 1.165) is 11.0 Å². The first kappa shape index (κ1) is 17.8. The van der Waals surface area contributed by atoms with Crippen LogP contribution in [0.2, 0.25) is 0 Å². The Balaban J connectivity index is 2.03. The van der Waals surface area contributed by atoms with Gasteiger partial charge < -0.3 is 9.15 Å². The Morgan fingerprint density at radius 1 is 1.27 bits per heavy atom. The van der Waals surface area contributed by atoms with E-state index in [0.29, 0.717) is 5.56 Å². The van der Waals surface area contributed by atoms with Crippen LogP contribution in [0.3, 0.4) is 0 Å². The number of ketones is 1. The topological polar surface area (TPSA) is 76.8 Å². The van der Waals surface area contributed by atoms with E-state index in [-0.39, 0.29) is 17.9 Å². The SMILES string of the molecule is CC(C)(C)OC(=O)N1C(=O)C(C(=O)c2ccco2)Cc2cc(F)ccc21. The second-order valence-corrected chi connectivity index (χ2v) is 7.03. The third-order valence-corrected chi connectivity index (χ3v) is 3.88. The van der Waals surface area contributed by atoms with Crippen molar-refractivity contribution in [1.29, 1.82) is 0 Å². The van der Waals surface area contributed by atoms with Crippen LogP contribution in [-0.4, -0.2) is 23.4 Å². The van der Waals surface area contributed by atoms with Gasteiger partial charge in [-0.05, 0) is 63.1 Å². The molecule has 0 radical (unpaired) electrons. The summed E-state index contributed by atoms with van der Waals surface area (Å²) in [6.45, 7) is 4.99. The van der Waals surface area contributed by atoms with Crippen molar-refractivity contribution in [3.8, 4) is 0 Å². The number of nitrogens with zero attached hydrogens (tertiary/aromatic N) is 1. The predicted molar refractivity (Wildman–Crippen MR) is 90.4 cm³/mol. The van der Waals surface area contributed by atoms with Crippen LogP contribution >= 0.6 is 0 Å². The molecule has 2 amide bonds. The Morgan fingerprint density at radius 2 is 2.00 bits per heavy atom. The van der Waals surface area contributed by atoms with Gasteiger partial charge in [0.05, 0.1) is 12.0 Å². The molecule has 0 fully saturated rings. The molecular weight excluding hydrogens is 341 g/mol. The molecule has 1 aromatic carbocycles. The van der Waals surface area contributed by atoms with Gasteiger partial charge in [-0.3, -0.25) is 9.59 Å². The van der Waals surface area contributed by atoms with Crippen molar-refractivity contribution in [2.24, 2.45) is 5.92 Å². The fourth-order valence-electron chi connectivity index (χ4n) is 2.81. The molecule has 0 saturated carbocycles. The highest BCUT2D eigenvalue weighted by Crippen LogP contribution is 2.34. The molecule has 0 N–H and O–H groups in total. The zero-order chi connectivity index (χ0) is 19.1. The Bertz CT molecular complexity index is 867. The lowest BCUT2D eigenvalue weighted by Crippen LogP contribution is -2.49. The lowest BCUT2D eigenvalue weighted by molar-refractivity contribution is -0.121. The van der Waals surface area contributed by atoms with Gasteiger partial charge in [-0.15, -0.1) is 0 Å². The number of fused-ring (bicyclic) bond motifs is 1. The lowest BCUT2D eigenvalue weighted by Gasteiger charge is -2.33. The smallest absolute Gasteiger partial charge is 0.421 e. The Morgan fingerprint density at radius 3 is 2.62 bits per heavy atom. The van der Waals surface area contributed by atoms with Crippen LogP contribution in [0.1, 0.15) is 36.9 Å². The summed E-state index contributed by atoms with van der Waals surface area (Å²) in [4.78, 5) is 38.9. The molecule has 136 valence electrons. The van der Waals surface area contributed by atoms with Crippen molar-refractivity contribution < 1.29 is 27.9 Å². The van der Waals surface area contributed by atoms with Gasteiger partial charge in [0.1, 0.15) is 17.3 Å². The quantitative estimate of drug-likeness (QED) is 0.603. The first-order valence-corrected chi connectivity index (χ1v) is 8.10. The highest BCUT2D eigenvalue weighted by atomic mass is 19.1. The predicted octanol–water partition coefficient (Wildman–Crippen LogP) is 3.74. The number of carbonyl (C=O) groups is 3. The van der Waals surface area contributed by atoms with E-state index in [1.807, 2.05) is 0 Å². The van der Waals surface area contributed by atoms with E-state index >= 15 is 0 Å². The van der Waals surface area contributed by atoms with Gasteiger partial charge in [0.2, 0.25) is 11.7 Å². The van der Waals surface area contributed by atoms with Gasteiger partial charge >= 0.3 is 6.09 Å². The Hall–Kier alpha value is -2.96. The number of rotatable bonds is 2. The second kappa shape index (κ2) is 6.40. The van der Waals surface area contributed by atoms with Gasteiger partial charge in [0.25, 0.3) is 0 Å². The molecule has 1 atom stereocenters. The number of anilines is 1. The minimum atomic E-state index is -1.19. The molecule has 0 saturated heterocycles. The van der Waals surface area contributed by atoms with E-state index in [1.165, 1.54) is 30.5 Å². The summed E-state index contributed by atoms with van der Waals surface area (Å²) in [5, 5.41) is 0. The fraction of sp³-hybridized carbons (Fsp3) is 0.316. The van der Waals surface area contributed by atoms with E-state index in [1.54, 1.807) is 20.8 Å². The van der Waals surface area contributed by atoms with Crippen molar-refractivity contribution >= 4 is 23.5 Å². The molecule has 2 aromatic rings. The first-order chi connectivity index (χ1) is 12.2. The molecular formula is C19H18FNO5. The average molecular weight is 359 g/mol. The molecule has 2 heterocycles. The highest BCUT2D eigenvalue weighted by Gasteiger charge is 2.43. The fourth-order valence-corrected chi connectivity index (χ4v) is 2.81. The number of hydrogen-bond donors (Lipinski definition) is 0. The summed E-state index contributed by atoms with van der Waals surface area (Å²) < 4.78 is 24.0. The van der Waals surface area contributed by atoms with E-state index < -0.39 is 35.1 Å². The van der Waals surface area contributed by atoms with E-state index in [4.69, 9.17) is 9.15 Å². The standard InChI is InChI=1S/C19H18FNO5/c1-19(2,3)26-18(24)21-14-7-6-12(20)9-11(14)10-13(17(21)23)16(22)15-5-4-8-25-15/h4-9,13H,10H2,1-3H3. The molecule has 3 rings (SSSR count). The number of amides is 2. The molecule has 26 heavy (non-hydrogen) atoms. The van der Waals surface area contributed by atoms with Crippen LogP contribution in [0, 0.1) is 11.7 Å². The van der Waals surface area contributed by atoms with Crippen molar-refractivity contribution in [2.75, 3.05) is 4.90 Å². The molecule has 1 aliphatic heterocycles. The number of halogens is 1. The van der Waals surface area contributed by atoms with Crippen LogP contribution in [-0.2, 0) is 16.0 Å². The molecule has 0 bridgehead atoms. The molecule has 1 unspecified atom stereocenters. The molecule has 0 spiro atoms. The summed E-state index contributed by atoms with van der Waals surface area (Å²) >= 11 is 0. The molecule has 6 nitrogen and oxygen atoms in total. The van der Waals surface area contributed by atoms with Crippen LogP contribution in [0.15, 0.2) is 41.0 Å². The zero-order valence-electron chi connectivity index (χ0n) is 14.6. The lowest BCUT2D eigenvalue weighted by atomic mass is 9.88. The molecule has 1 aromatic heterocycles. The number of Topliss-reactive ketones (excluding diaryl/α,β-unsaturated/α-hetero) is 1. The van der Waals surface area contributed by atoms with Gasteiger partial charge in [-0.1, -0.05) is 0 Å². The van der Waals surface area contributed by atoms with Gasteiger partial charge in [-0.25, -0.2) is 14.1 Å². The Labute approximate surface area is 149 Å². The zero-order valence-corrected chi connectivity index (χ0v) is 14.6. The third-order valence-electron chi connectivity index (χ3n) is 3.88. The van der Waals surface area contributed by atoms with Gasteiger partial charge in [-0.2, -0.15) is 0 Å². The number of carbonyl (C=O) groups excluding carboxylic acids is 3. The van der Waals surface area contributed by atoms with Crippen molar-refractivity contribution in [2.45, 2.75) is 32.8 Å². The normalized spacial score (nSPS) is 17.0. The summed E-state index contributed by atoms with van der Waals surface area (Å²) in [6, 6.07) is 6.66. The van der Waals surface area contributed by atoms with Crippen LogP contribution in [0.4, 0.5) is 14.9 Å². The molecule has 1 aliphatic rings. The number of benzene rings is 1. The van der Waals surface area contributed by atoms with Crippen LogP contribution in [0.5, 0.6) is 0 Å². The number of ether oxygens (including phenoxy) is 1. The first-order valence-electron chi connectivity index (χ1n) is 8.10. The second-order valence-electron chi connectivity index (χ2n) is 7.03. The monoisotopic (exact) mass is 359 g/mol. The highest BCUT2D eigenvalue weighted by molar-refractivity contribution is 6.22. The van der Waals surface area contributed by atoms with Gasteiger partial charge in [0, 0.05) is 0 Å². The average Bonchev–Trinajstić information content (AvgIpc) is 3.06. The maximum absolute atomic E-state index is 13.7. The molecule has 7 heteroatoms. The van der Waals surface area contributed by atoms with Crippen LogP contribution in [0.25, 0.3) is 0 Å².